The lowest BCUT2D eigenvalue weighted by atomic mass is 10.1. The number of benzene rings is 2. The Labute approximate surface area is 167 Å². The number of nitriles is 1. The van der Waals surface area contributed by atoms with Gasteiger partial charge < -0.3 is 5.32 Å². The molecule has 0 saturated heterocycles. The van der Waals surface area contributed by atoms with Gasteiger partial charge in [0.25, 0.3) is 0 Å². The van der Waals surface area contributed by atoms with Gasteiger partial charge in [-0.1, -0.05) is 19.1 Å². The first kappa shape index (κ1) is 18.6. The van der Waals surface area contributed by atoms with E-state index in [9.17, 15) is 4.39 Å². The number of halogens is 1. The van der Waals surface area contributed by atoms with Gasteiger partial charge >= 0.3 is 0 Å². The van der Waals surface area contributed by atoms with Gasteiger partial charge in [-0.05, 0) is 48.4 Å². The average Bonchev–Trinajstić information content (AvgIpc) is 3.08. The Balaban J connectivity index is 1.80. The summed E-state index contributed by atoms with van der Waals surface area (Å²) in [5, 5.41) is 17.8. The zero-order valence-corrected chi connectivity index (χ0v) is 16.1. The van der Waals surface area contributed by atoms with E-state index in [0.29, 0.717) is 23.8 Å². The van der Waals surface area contributed by atoms with Crippen LogP contribution in [0, 0.1) is 17.1 Å². The SMILES string of the molecule is CCc1nn(C)c2nc(-c3ccc(C#N)cc3)nc(NCc3cccc(F)c3)c12. The molecule has 0 aliphatic heterocycles. The van der Waals surface area contributed by atoms with Crippen LogP contribution in [0.15, 0.2) is 48.5 Å². The van der Waals surface area contributed by atoms with Crippen molar-refractivity contribution in [3.63, 3.8) is 0 Å². The number of rotatable bonds is 5. The van der Waals surface area contributed by atoms with E-state index < -0.39 is 0 Å². The van der Waals surface area contributed by atoms with E-state index in [1.54, 1.807) is 22.9 Å². The normalized spacial score (nSPS) is 10.8. The molecule has 1 N–H and O–H groups in total. The van der Waals surface area contributed by atoms with Crippen LogP contribution < -0.4 is 5.32 Å². The van der Waals surface area contributed by atoms with Crippen LogP contribution in [0.4, 0.5) is 10.2 Å². The summed E-state index contributed by atoms with van der Waals surface area (Å²) >= 11 is 0. The molecule has 6 nitrogen and oxygen atoms in total. The third-order valence-electron chi connectivity index (χ3n) is 4.71. The summed E-state index contributed by atoms with van der Waals surface area (Å²) in [5.74, 6) is 0.920. The lowest BCUT2D eigenvalue weighted by molar-refractivity contribution is 0.626. The van der Waals surface area contributed by atoms with Crippen LogP contribution in [-0.2, 0) is 20.0 Å². The van der Waals surface area contributed by atoms with Crippen molar-refractivity contribution in [1.29, 1.82) is 5.26 Å². The van der Waals surface area contributed by atoms with E-state index in [2.05, 4.69) is 16.5 Å². The van der Waals surface area contributed by atoms with Gasteiger partial charge in [0.05, 0.1) is 22.7 Å². The molecule has 4 aromatic rings. The summed E-state index contributed by atoms with van der Waals surface area (Å²) in [6.45, 7) is 2.46. The van der Waals surface area contributed by atoms with E-state index >= 15 is 0 Å². The maximum atomic E-state index is 13.5. The quantitative estimate of drug-likeness (QED) is 0.556. The maximum absolute atomic E-state index is 13.5. The molecule has 0 spiro atoms. The third kappa shape index (κ3) is 3.65. The fourth-order valence-electron chi connectivity index (χ4n) is 3.26. The van der Waals surface area contributed by atoms with E-state index in [-0.39, 0.29) is 5.82 Å². The summed E-state index contributed by atoms with van der Waals surface area (Å²) < 4.78 is 15.3. The molecule has 7 heteroatoms. The Morgan fingerprint density at radius 3 is 2.62 bits per heavy atom. The zero-order valence-electron chi connectivity index (χ0n) is 16.1. The van der Waals surface area contributed by atoms with Gasteiger partial charge in [0.1, 0.15) is 11.6 Å². The molecule has 2 aromatic heterocycles. The van der Waals surface area contributed by atoms with E-state index in [1.807, 2.05) is 32.2 Å². The van der Waals surface area contributed by atoms with Crippen LogP contribution >= 0.6 is 0 Å². The van der Waals surface area contributed by atoms with Crippen molar-refractivity contribution < 1.29 is 4.39 Å². The molecular weight excluding hydrogens is 367 g/mol. The number of fused-ring (bicyclic) bond motifs is 1. The number of hydrogen-bond donors (Lipinski definition) is 1. The highest BCUT2D eigenvalue weighted by atomic mass is 19.1. The van der Waals surface area contributed by atoms with E-state index in [0.717, 1.165) is 34.3 Å². The second kappa shape index (κ2) is 7.68. The fourth-order valence-corrected chi connectivity index (χ4v) is 3.26. The van der Waals surface area contributed by atoms with Crippen LogP contribution in [0.5, 0.6) is 0 Å². The second-order valence-electron chi connectivity index (χ2n) is 6.69. The van der Waals surface area contributed by atoms with Crippen molar-refractivity contribution in [3.05, 3.63) is 71.2 Å². The highest BCUT2D eigenvalue weighted by Gasteiger charge is 2.17. The Morgan fingerprint density at radius 1 is 1.14 bits per heavy atom. The van der Waals surface area contributed by atoms with Crippen LogP contribution in [0.3, 0.4) is 0 Å². The molecule has 0 aliphatic carbocycles. The van der Waals surface area contributed by atoms with Crippen LogP contribution in [0.2, 0.25) is 0 Å². The minimum atomic E-state index is -0.272. The molecule has 0 amide bonds. The van der Waals surface area contributed by atoms with Crippen molar-refractivity contribution >= 4 is 16.9 Å². The molecule has 0 saturated carbocycles. The smallest absolute Gasteiger partial charge is 0.164 e. The summed E-state index contributed by atoms with van der Waals surface area (Å²) in [5.41, 5.74) is 3.82. The maximum Gasteiger partial charge on any atom is 0.164 e. The number of hydrogen-bond acceptors (Lipinski definition) is 5. The number of nitrogens with zero attached hydrogens (tertiary/aromatic N) is 5. The molecule has 144 valence electrons. The average molecular weight is 386 g/mol. The predicted molar refractivity (Wildman–Crippen MR) is 110 cm³/mol. The Kier molecular flexibility index (Phi) is 4.92. The first-order valence-electron chi connectivity index (χ1n) is 9.31. The highest BCUT2D eigenvalue weighted by Crippen LogP contribution is 2.28. The third-order valence-corrected chi connectivity index (χ3v) is 4.71. The number of nitrogens with one attached hydrogen (secondary N) is 1. The molecule has 2 aromatic carbocycles. The van der Waals surface area contributed by atoms with Gasteiger partial charge in [-0.15, -0.1) is 0 Å². The van der Waals surface area contributed by atoms with Gasteiger partial charge in [-0.3, -0.25) is 0 Å². The van der Waals surface area contributed by atoms with Crippen LogP contribution in [-0.4, -0.2) is 19.7 Å². The molecule has 0 aliphatic rings. The molecule has 0 fully saturated rings. The molecule has 4 rings (SSSR count). The molecule has 2 heterocycles. The molecule has 29 heavy (non-hydrogen) atoms. The van der Waals surface area contributed by atoms with Gasteiger partial charge in [0.2, 0.25) is 0 Å². The topological polar surface area (TPSA) is 79.4 Å². The van der Waals surface area contributed by atoms with Crippen molar-refractivity contribution in [2.24, 2.45) is 7.05 Å². The Morgan fingerprint density at radius 2 is 1.93 bits per heavy atom. The summed E-state index contributed by atoms with van der Waals surface area (Å²) in [4.78, 5) is 9.44. The van der Waals surface area contributed by atoms with Gasteiger partial charge in [-0.25, -0.2) is 19.0 Å². The Hall–Kier alpha value is -3.79. The second-order valence-corrected chi connectivity index (χ2v) is 6.69. The number of anilines is 1. The van der Waals surface area contributed by atoms with E-state index in [1.165, 1.54) is 12.1 Å². The monoisotopic (exact) mass is 386 g/mol. The van der Waals surface area contributed by atoms with E-state index in [4.69, 9.17) is 15.2 Å². The minimum Gasteiger partial charge on any atom is -0.365 e. The van der Waals surface area contributed by atoms with Crippen molar-refractivity contribution in [3.8, 4) is 17.5 Å². The number of aryl methyl sites for hydroxylation is 2. The first-order valence-corrected chi connectivity index (χ1v) is 9.31. The summed E-state index contributed by atoms with van der Waals surface area (Å²) in [7, 11) is 1.85. The fraction of sp³-hybridized carbons (Fsp3) is 0.182. The van der Waals surface area contributed by atoms with Crippen molar-refractivity contribution in [1.82, 2.24) is 19.7 Å². The molecule has 0 bridgehead atoms. The summed E-state index contributed by atoms with van der Waals surface area (Å²) in [6, 6.07) is 15.7. The minimum absolute atomic E-state index is 0.272. The zero-order chi connectivity index (χ0) is 20.4. The van der Waals surface area contributed by atoms with Crippen LogP contribution in [0.25, 0.3) is 22.4 Å². The van der Waals surface area contributed by atoms with Crippen LogP contribution in [0.1, 0.15) is 23.7 Å². The van der Waals surface area contributed by atoms with Gasteiger partial charge in [-0.2, -0.15) is 10.4 Å². The highest BCUT2D eigenvalue weighted by molar-refractivity contribution is 5.91. The van der Waals surface area contributed by atoms with Crippen molar-refractivity contribution in [2.75, 3.05) is 5.32 Å². The molecular formula is C22H19FN6. The van der Waals surface area contributed by atoms with Crippen molar-refractivity contribution in [2.45, 2.75) is 19.9 Å². The lowest BCUT2D eigenvalue weighted by Gasteiger charge is -2.10. The first-order chi connectivity index (χ1) is 14.1. The largest absolute Gasteiger partial charge is 0.365 e. The lowest BCUT2D eigenvalue weighted by Crippen LogP contribution is -2.05. The van der Waals surface area contributed by atoms with Gasteiger partial charge in [0, 0.05) is 19.2 Å². The molecule has 0 radical (unpaired) electrons. The Bertz CT molecular complexity index is 1220. The molecule has 0 atom stereocenters. The number of aromatic nitrogens is 4. The standard InChI is InChI=1S/C22H19FN6/c1-3-18-19-21(25-13-15-5-4-6-17(23)11-15)26-20(27-22(19)29(2)28-18)16-9-7-14(12-24)8-10-16/h4-11H,3,13H2,1-2H3,(H,25,26,27). The summed E-state index contributed by atoms with van der Waals surface area (Å²) in [6.07, 6.45) is 0.742. The molecule has 0 unspecified atom stereocenters. The predicted octanol–water partition coefficient (Wildman–Crippen LogP) is 4.22. The van der Waals surface area contributed by atoms with Gasteiger partial charge in [0.15, 0.2) is 11.5 Å².